The van der Waals surface area contributed by atoms with Crippen LogP contribution in [-0.2, 0) is 5.75 Å². The Hall–Kier alpha value is -1.27. The number of hydrogen-bond acceptors (Lipinski definition) is 3. The molecule has 6 heteroatoms. The van der Waals surface area contributed by atoms with E-state index in [1.54, 1.807) is 12.1 Å². The molecule has 0 bridgehead atoms. The highest BCUT2D eigenvalue weighted by molar-refractivity contribution is 9.10. The van der Waals surface area contributed by atoms with Gasteiger partial charge in [-0.1, -0.05) is 22.9 Å². The van der Waals surface area contributed by atoms with Crippen molar-refractivity contribution in [1.29, 1.82) is 0 Å². The molecule has 0 spiro atoms. The average molecular weight is 369 g/mol. The molecule has 0 aliphatic rings. The molecule has 0 aliphatic carbocycles. The molecule has 112 valence electrons. The number of aromatic carboxylic acids is 1. The summed E-state index contributed by atoms with van der Waals surface area (Å²) in [6.45, 7) is 4.25. The Balaban J connectivity index is 2.11. The van der Waals surface area contributed by atoms with E-state index >= 15 is 0 Å². The second-order valence-electron chi connectivity index (χ2n) is 4.78. The molecule has 0 saturated carbocycles. The molecule has 0 radical (unpaired) electrons. The van der Waals surface area contributed by atoms with E-state index in [4.69, 9.17) is 0 Å². The van der Waals surface area contributed by atoms with Crippen LogP contribution in [0.2, 0.25) is 0 Å². The Morgan fingerprint density at radius 2 is 2.24 bits per heavy atom. The lowest BCUT2D eigenvalue weighted by Gasteiger charge is -2.08. The highest BCUT2D eigenvalue weighted by atomic mass is 79.9. The van der Waals surface area contributed by atoms with E-state index in [1.165, 1.54) is 11.8 Å². The van der Waals surface area contributed by atoms with Crippen molar-refractivity contribution in [3.05, 3.63) is 46.2 Å². The topological polar surface area (TPSA) is 55.1 Å². The summed E-state index contributed by atoms with van der Waals surface area (Å²) >= 11 is 4.87. The van der Waals surface area contributed by atoms with Crippen LogP contribution in [0, 0.1) is 0 Å². The Morgan fingerprint density at radius 3 is 2.90 bits per heavy atom. The van der Waals surface area contributed by atoms with Gasteiger partial charge < -0.3 is 5.11 Å². The van der Waals surface area contributed by atoms with Gasteiger partial charge in [-0.05, 0) is 37.6 Å². The van der Waals surface area contributed by atoms with Crippen LogP contribution in [0.5, 0.6) is 0 Å². The maximum Gasteiger partial charge on any atom is 0.336 e. The second-order valence-corrected chi connectivity index (χ2v) is 6.71. The fourth-order valence-corrected chi connectivity index (χ4v) is 3.32. The van der Waals surface area contributed by atoms with Crippen LogP contribution in [0.1, 0.15) is 42.4 Å². The van der Waals surface area contributed by atoms with E-state index in [0.717, 1.165) is 21.5 Å². The van der Waals surface area contributed by atoms with E-state index < -0.39 is 5.97 Å². The summed E-state index contributed by atoms with van der Waals surface area (Å²) in [4.78, 5) is 12.0. The van der Waals surface area contributed by atoms with Crippen LogP contribution >= 0.6 is 27.7 Å². The summed E-state index contributed by atoms with van der Waals surface area (Å²) in [5.74, 6) is -0.254. The molecular weight excluding hydrogens is 352 g/mol. The lowest BCUT2D eigenvalue weighted by atomic mass is 10.2. The van der Waals surface area contributed by atoms with Crippen LogP contribution in [0.3, 0.4) is 0 Å². The Kier molecular flexibility index (Phi) is 5.47. The zero-order valence-corrected chi connectivity index (χ0v) is 14.3. The lowest BCUT2D eigenvalue weighted by Crippen LogP contribution is -2.04. The molecule has 0 saturated heterocycles. The zero-order valence-electron chi connectivity index (χ0n) is 11.9. The first-order valence-electron chi connectivity index (χ1n) is 6.71. The Bertz CT molecular complexity index is 642. The van der Waals surface area contributed by atoms with Crippen molar-refractivity contribution < 1.29 is 9.90 Å². The number of aromatic nitrogens is 2. The number of benzene rings is 1. The van der Waals surface area contributed by atoms with Gasteiger partial charge in [0.1, 0.15) is 0 Å². The van der Waals surface area contributed by atoms with Gasteiger partial charge in [0.05, 0.1) is 11.3 Å². The highest BCUT2D eigenvalue weighted by Gasteiger charge is 2.12. The molecule has 21 heavy (non-hydrogen) atoms. The van der Waals surface area contributed by atoms with E-state index in [2.05, 4.69) is 34.9 Å². The Morgan fingerprint density at radius 1 is 1.48 bits per heavy atom. The van der Waals surface area contributed by atoms with Crippen molar-refractivity contribution in [2.45, 2.75) is 37.0 Å². The Labute approximate surface area is 136 Å². The first kappa shape index (κ1) is 16.1. The van der Waals surface area contributed by atoms with Crippen LogP contribution in [-0.4, -0.2) is 20.9 Å². The van der Waals surface area contributed by atoms with Crippen LogP contribution in [0.15, 0.2) is 39.8 Å². The number of rotatable bonds is 6. The van der Waals surface area contributed by atoms with Crippen LogP contribution in [0.4, 0.5) is 0 Å². The zero-order chi connectivity index (χ0) is 15.4. The first-order valence-corrected chi connectivity index (χ1v) is 8.48. The van der Waals surface area contributed by atoms with E-state index in [-0.39, 0.29) is 0 Å². The van der Waals surface area contributed by atoms with Gasteiger partial charge in [0.25, 0.3) is 0 Å². The summed E-state index contributed by atoms with van der Waals surface area (Å²) in [7, 11) is 0. The van der Waals surface area contributed by atoms with Crippen molar-refractivity contribution in [3.8, 4) is 0 Å². The monoisotopic (exact) mass is 368 g/mol. The third-order valence-electron chi connectivity index (χ3n) is 3.26. The van der Waals surface area contributed by atoms with Gasteiger partial charge in [-0.25, -0.2) is 4.79 Å². The first-order chi connectivity index (χ1) is 10.0. The third-order valence-corrected chi connectivity index (χ3v) is 4.84. The van der Waals surface area contributed by atoms with Crippen molar-refractivity contribution in [2.75, 3.05) is 0 Å². The minimum absolute atomic E-state index is 0.324. The molecule has 2 aromatic rings. The molecular formula is C15H17BrN2O2S. The fourth-order valence-electron chi connectivity index (χ4n) is 1.83. The van der Waals surface area contributed by atoms with Gasteiger partial charge in [0.15, 0.2) is 0 Å². The second kappa shape index (κ2) is 7.13. The molecule has 1 heterocycles. The van der Waals surface area contributed by atoms with E-state index in [0.29, 0.717) is 17.4 Å². The van der Waals surface area contributed by atoms with Crippen LogP contribution < -0.4 is 0 Å². The molecule has 1 unspecified atom stereocenters. The minimum atomic E-state index is -0.907. The van der Waals surface area contributed by atoms with E-state index in [9.17, 15) is 9.90 Å². The third kappa shape index (κ3) is 4.11. The quantitative estimate of drug-likeness (QED) is 0.756. The van der Waals surface area contributed by atoms with Gasteiger partial charge in [-0.15, -0.1) is 11.8 Å². The molecule has 0 fully saturated rings. The molecule has 1 N–H and O–H groups in total. The smallest absolute Gasteiger partial charge is 0.336 e. The summed E-state index contributed by atoms with van der Waals surface area (Å²) in [6.07, 6.45) is 3.01. The molecule has 1 aromatic heterocycles. The number of thioether (sulfide) groups is 1. The van der Waals surface area contributed by atoms with Crippen molar-refractivity contribution in [3.63, 3.8) is 0 Å². The number of nitrogens with zero attached hydrogens (tertiary/aromatic N) is 2. The number of hydrogen-bond donors (Lipinski definition) is 1. The average Bonchev–Trinajstić information content (AvgIpc) is 2.93. The maximum atomic E-state index is 11.2. The van der Waals surface area contributed by atoms with Gasteiger partial charge in [0, 0.05) is 27.4 Å². The minimum Gasteiger partial charge on any atom is -0.478 e. The molecule has 0 aliphatic heterocycles. The largest absolute Gasteiger partial charge is 0.478 e. The van der Waals surface area contributed by atoms with Gasteiger partial charge in [-0.3, -0.25) is 4.68 Å². The summed E-state index contributed by atoms with van der Waals surface area (Å²) in [5.41, 5.74) is 1.28. The summed E-state index contributed by atoms with van der Waals surface area (Å²) in [5, 5.41) is 13.7. The molecule has 1 atom stereocenters. The van der Waals surface area contributed by atoms with Gasteiger partial charge in [-0.2, -0.15) is 5.10 Å². The number of carboxylic acid groups (broad SMARTS) is 1. The molecule has 4 nitrogen and oxygen atoms in total. The molecule has 2 rings (SSSR count). The lowest BCUT2D eigenvalue weighted by molar-refractivity contribution is 0.0693. The number of carbonyl (C=O) groups is 1. The van der Waals surface area contributed by atoms with Gasteiger partial charge >= 0.3 is 5.97 Å². The number of halogens is 1. The standard InChI is InChI=1S/C15H17BrN2O2S/c1-3-10(2)18-7-6-12(17-18)9-21-14-8-11(16)4-5-13(14)15(19)20/h4-8,10H,3,9H2,1-2H3,(H,19,20). The van der Waals surface area contributed by atoms with Crippen molar-refractivity contribution in [1.82, 2.24) is 9.78 Å². The molecule has 1 aromatic carbocycles. The fraction of sp³-hybridized carbons (Fsp3) is 0.333. The van der Waals surface area contributed by atoms with Crippen molar-refractivity contribution >= 4 is 33.7 Å². The predicted molar refractivity (Wildman–Crippen MR) is 87.9 cm³/mol. The van der Waals surface area contributed by atoms with Crippen LogP contribution in [0.25, 0.3) is 0 Å². The summed E-state index contributed by atoms with van der Waals surface area (Å²) in [6, 6.07) is 7.55. The highest BCUT2D eigenvalue weighted by Crippen LogP contribution is 2.29. The predicted octanol–water partition coefficient (Wildman–Crippen LogP) is 4.61. The summed E-state index contributed by atoms with van der Waals surface area (Å²) < 4.78 is 2.83. The SMILES string of the molecule is CCC(C)n1ccc(CSc2cc(Br)ccc2C(=O)O)n1. The number of carboxylic acids is 1. The van der Waals surface area contributed by atoms with Crippen molar-refractivity contribution in [2.24, 2.45) is 0 Å². The molecule has 0 amide bonds. The normalized spacial score (nSPS) is 12.3. The van der Waals surface area contributed by atoms with E-state index in [1.807, 2.05) is 23.0 Å². The van der Waals surface area contributed by atoms with Gasteiger partial charge in [0.2, 0.25) is 0 Å². The maximum absolute atomic E-state index is 11.2.